The second kappa shape index (κ2) is 4.29. The first-order chi connectivity index (χ1) is 7.65. The smallest absolute Gasteiger partial charge is 0.0869 e. The van der Waals surface area contributed by atoms with Gasteiger partial charge in [0.1, 0.15) is 0 Å². The number of hydrogen-bond donors (Lipinski definition) is 2. The molecule has 3 nitrogen and oxygen atoms in total. The number of aromatic nitrogens is 1. The molecule has 0 fully saturated rings. The number of nitrogens with zero attached hydrogens (tertiary/aromatic N) is 1. The van der Waals surface area contributed by atoms with Gasteiger partial charge in [0.15, 0.2) is 0 Å². The van der Waals surface area contributed by atoms with Crippen molar-refractivity contribution in [2.75, 3.05) is 17.6 Å². The van der Waals surface area contributed by atoms with Crippen LogP contribution in [0.25, 0.3) is 10.9 Å². The van der Waals surface area contributed by atoms with Gasteiger partial charge in [0, 0.05) is 16.4 Å². The first kappa shape index (κ1) is 11.2. The van der Waals surface area contributed by atoms with E-state index < -0.39 is 0 Å². The van der Waals surface area contributed by atoms with Gasteiger partial charge in [-0.25, -0.2) is 0 Å². The Morgan fingerprint density at radius 2 is 2.19 bits per heavy atom. The molecule has 0 amide bonds. The zero-order valence-electron chi connectivity index (χ0n) is 9.34. The van der Waals surface area contributed by atoms with Crippen LogP contribution in [0.5, 0.6) is 0 Å². The zero-order chi connectivity index (χ0) is 11.7. The standard InChI is InChI=1S/C12H14BrN3/c1-3-15-12-9(14)6-16-11-8(13)5-4-7(2)10(11)12/h4-6H,3,14H2,1-2H3,(H,15,16). The maximum absolute atomic E-state index is 5.95. The Hall–Kier alpha value is -1.29. The molecule has 1 aromatic carbocycles. The lowest BCUT2D eigenvalue weighted by Gasteiger charge is -2.13. The molecule has 4 heteroatoms. The van der Waals surface area contributed by atoms with Crippen LogP contribution >= 0.6 is 15.9 Å². The quantitative estimate of drug-likeness (QED) is 0.887. The van der Waals surface area contributed by atoms with Crippen molar-refractivity contribution in [2.45, 2.75) is 13.8 Å². The van der Waals surface area contributed by atoms with E-state index in [1.807, 2.05) is 6.07 Å². The number of nitrogens with two attached hydrogens (primary N) is 1. The third-order valence-electron chi connectivity index (χ3n) is 2.56. The molecule has 0 atom stereocenters. The van der Waals surface area contributed by atoms with Crippen molar-refractivity contribution < 1.29 is 0 Å². The van der Waals surface area contributed by atoms with Gasteiger partial charge >= 0.3 is 0 Å². The van der Waals surface area contributed by atoms with Crippen molar-refractivity contribution in [3.05, 3.63) is 28.4 Å². The summed E-state index contributed by atoms with van der Waals surface area (Å²) in [7, 11) is 0. The van der Waals surface area contributed by atoms with Gasteiger partial charge in [-0.05, 0) is 41.4 Å². The summed E-state index contributed by atoms with van der Waals surface area (Å²) >= 11 is 3.51. The van der Waals surface area contributed by atoms with Crippen LogP contribution in [0, 0.1) is 6.92 Å². The highest BCUT2D eigenvalue weighted by Crippen LogP contribution is 2.34. The second-order valence-corrected chi connectivity index (χ2v) is 4.56. The van der Waals surface area contributed by atoms with Crippen molar-refractivity contribution in [1.82, 2.24) is 4.98 Å². The maximum Gasteiger partial charge on any atom is 0.0869 e. The van der Waals surface area contributed by atoms with Crippen molar-refractivity contribution >= 4 is 38.2 Å². The van der Waals surface area contributed by atoms with Gasteiger partial charge < -0.3 is 11.1 Å². The van der Waals surface area contributed by atoms with E-state index in [-0.39, 0.29) is 0 Å². The van der Waals surface area contributed by atoms with E-state index in [9.17, 15) is 0 Å². The molecule has 0 aliphatic carbocycles. The number of nitrogen functional groups attached to an aromatic ring is 1. The maximum atomic E-state index is 5.95. The fourth-order valence-electron chi connectivity index (χ4n) is 1.82. The highest BCUT2D eigenvalue weighted by molar-refractivity contribution is 9.10. The van der Waals surface area contributed by atoms with Crippen LogP contribution in [-0.4, -0.2) is 11.5 Å². The third-order valence-corrected chi connectivity index (χ3v) is 3.20. The van der Waals surface area contributed by atoms with Gasteiger partial charge in [-0.15, -0.1) is 0 Å². The van der Waals surface area contributed by atoms with Crippen LogP contribution < -0.4 is 11.1 Å². The summed E-state index contributed by atoms with van der Waals surface area (Å²) in [6.45, 7) is 4.96. The summed E-state index contributed by atoms with van der Waals surface area (Å²) in [6.07, 6.45) is 1.70. The van der Waals surface area contributed by atoms with E-state index >= 15 is 0 Å². The number of benzene rings is 1. The lowest BCUT2D eigenvalue weighted by atomic mass is 10.1. The van der Waals surface area contributed by atoms with E-state index in [0.717, 1.165) is 27.6 Å². The Morgan fingerprint density at radius 3 is 2.88 bits per heavy atom. The number of rotatable bonds is 2. The number of anilines is 2. The average Bonchev–Trinajstić information content (AvgIpc) is 2.27. The lowest BCUT2D eigenvalue weighted by molar-refractivity contribution is 1.21. The number of pyridine rings is 1. The van der Waals surface area contributed by atoms with Crippen LogP contribution in [0.4, 0.5) is 11.4 Å². The van der Waals surface area contributed by atoms with Crippen LogP contribution in [0.2, 0.25) is 0 Å². The molecule has 0 unspecified atom stereocenters. The zero-order valence-corrected chi connectivity index (χ0v) is 10.9. The Morgan fingerprint density at radius 1 is 1.44 bits per heavy atom. The summed E-state index contributed by atoms with van der Waals surface area (Å²) in [4.78, 5) is 4.37. The number of fused-ring (bicyclic) bond motifs is 1. The normalized spacial score (nSPS) is 10.7. The van der Waals surface area contributed by atoms with E-state index in [1.165, 1.54) is 5.56 Å². The van der Waals surface area contributed by atoms with Crippen molar-refractivity contribution in [3.8, 4) is 0 Å². The molecule has 0 saturated heterocycles. The summed E-state index contributed by atoms with van der Waals surface area (Å²) in [5, 5.41) is 4.39. The SMILES string of the molecule is CCNc1c(N)cnc2c(Br)ccc(C)c12. The highest BCUT2D eigenvalue weighted by atomic mass is 79.9. The minimum atomic E-state index is 0.690. The van der Waals surface area contributed by atoms with Crippen LogP contribution in [0.3, 0.4) is 0 Å². The molecular weight excluding hydrogens is 266 g/mol. The molecule has 0 aliphatic rings. The van der Waals surface area contributed by atoms with Gasteiger partial charge in [-0.3, -0.25) is 4.98 Å². The monoisotopic (exact) mass is 279 g/mol. The van der Waals surface area contributed by atoms with E-state index in [1.54, 1.807) is 6.20 Å². The second-order valence-electron chi connectivity index (χ2n) is 3.71. The Balaban J connectivity index is 2.85. The minimum absolute atomic E-state index is 0.690. The fraction of sp³-hybridized carbons (Fsp3) is 0.250. The predicted octanol–water partition coefficient (Wildman–Crippen LogP) is 3.32. The van der Waals surface area contributed by atoms with Crippen molar-refractivity contribution in [2.24, 2.45) is 0 Å². The molecule has 2 aromatic rings. The van der Waals surface area contributed by atoms with Crippen molar-refractivity contribution in [1.29, 1.82) is 0 Å². The van der Waals surface area contributed by atoms with Gasteiger partial charge in [-0.2, -0.15) is 0 Å². The molecule has 0 radical (unpaired) electrons. The summed E-state index contributed by atoms with van der Waals surface area (Å²) in [6, 6.07) is 4.07. The molecule has 0 aliphatic heterocycles. The Kier molecular flexibility index (Phi) is 3.01. The highest BCUT2D eigenvalue weighted by Gasteiger charge is 2.10. The van der Waals surface area contributed by atoms with Crippen LogP contribution in [0.1, 0.15) is 12.5 Å². The third kappa shape index (κ3) is 1.73. The Labute approximate surface area is 103 Å². The lowest BCUT2D eigenvalue weighted by Crippen LogP contribution is -2.03. The van der Waals surface area contributed by atoms with E-state index in [2.05, 4.69) is 46.1 Å². The molecule has 0 saturated carbocycles. The van der Waals surface area contributed by atoms with Crippen LogP contribution in [0.15, 0.2) is 22.8 Å². The Bertz CT molecular complexity index is 537. The number of halogens is 1. The average molecular weight is 280 g/mol. The number of nitrogens with one attached hydrogen (secondary N) is 1. The van der Waals surface area contributed by atoms with E-state index in [4.69, 9.17) is 5.73 Å². The molecule has 1 aromatic heterocycles. The predicted molar refractivity (Wildman–Crippen MR) is 72.8 cm³/mol. The van der Waals surface area contributed by atoms with Crippen molar-refractivity contribution in [3.63, 3.8) is 0 Å². The molecular formula is C12H14BrN3. The summed E-state index contributed by atoms with van der Waals surface area (Å²) in [5.41, 5.74) is 9.74. The van der Waals surface area contributed by atoms with Gasteiger partial charge in [0.25, 0.3) is 0 Å². The van der Waals surface area contributed by atoms with Gasteiger partial charge in [0.05, 0.1) is 23.1 Å². The molecule has 0 bridgehead atoms. The van der Waals surface area contributed by atoms with Gasteiger partial charge in [-0.1, -0.05) is 6.07 Å². The van der Waals surface area contributed by atoms with E-state index in [0.29, 0.717) is 5.69 Å². The summed E-state index contributed by atoms with van der Waals surface area (Å²) in [5.74, 6) is 0. The minimum Gasteiger partial charge on any atom is -0.396 e. The molecule has 3 N–H and O–H groups in total. The molecule has 0 spiro atoms. The largest absolute Gasteiger partial charge is 0.396 e. The number of aryl methyl sites for hydroxylation is 1. The summed E-state index contributed by atoms with van der Waals surface area (Å²) < 4.78 is 0.993. The van der Waals surface area contributed by atoms with Gasteiger partial charge in [0.2, 0.25) is 0 Å². The topological polar surface area (TPSA) is 50.9 Å². The first-order valence-corrected chi connectivity index (χ1v) is 6.01. The fourth-order valence-corrected chi connectivity index (χ4v) is 2.25. The number of hydrogen-bond acceptors (Lipinski definition) is 3. The van der Waals surface area contributed by atoms with Crippen LogP contribution in [-0.2, 0) is 0 Å². The molecule has 2 rings (SSSR count). The first-order valence-electron chi connectivity index (χ1n) is 5.22. The molecule has 84 valence electrons. The molecule has 1 heterocycles. The molecule has 16 heavy (non-hydrogen) atoms.